The van der Waals surface area contributed by atoms with E-state index in [1.807, 2.05) is 0 Å². The first-order valence-corrected chi connectivity index (χ1v) is 6.02. The molecule has 0 aromatic heterocycles. The van der Waals surface area contributed by atoms with Gasteiger partial charge in [-0.05, 0) is 41.1 Å². The summed E-state index contributed by atoms with van der Waals surface area (Å²) in [5.41, 5.74) is -0.392. The van der Waals surface area contributed by atoms with Crippen molar-refractivity contribution in [1.29, 1.82) is 0 Å². The van der Waals surface area contributed by atoms with Gasteiger partial charge in [0.1, 0.15) is 0 Å². The fourth-order valence-corrected chi connectivity index (χ4v) is 1.63. The van der Waals surface area contributed by atoms with Crippen LogP contribution < -0.4 is 5.32 Å². The predicted octanol–water partition coefficient (Wildman–Crippen LogP) is 3.91. The highest BCUT2D eigenvalue weighted by molar-refractivity contribution is 9.10. The Labute approximate surface area is 116 Å². The molecule has 2 N–H and O–H groups in total. The van der Waals surface area contributed by atoms with Gasteiger partial charge in [0, 0.05) is 22.3 Å². The Morgan fingerprint density at radius 1 is 1.47 bits per heavy atom. The molecular formula is C12H11BrF3NO2. The van der Waals surface area contributed by atoms with Gasteiger partial charge in [0.2, 0.25) is 0 Å². The van der Waals surface area contributed by atoms with E-state index in [1.165, 1.54) is 19.1 Å². The molecule has 0 fully saturated rings. The zero-order chi connectivity index (χ0) is 14.6. The minimum Gasteiger partial charge on any atom is -0.478 e. The second-order valence-corrected chi connectivity index (χ2v) is 4.62. The summed E-state index contributed by atoms with van der Waals surface area (Å²) in [7, 11) is 0. The van der Waals surface area contributed by atoms with Crippen LogP contribution in [0.1, 0.15) is 12.5 Å². The molecule has 0 amide bonds. The van der Waals surface area contributed by atoms with Crippen LogP contribution in [0.2, 0.25) is 0 Å². The van der Waals surface area contributed by atoms with Gasteiger partial charge in [0.15, 0.2) is 0 Å². The molecule has 0 aliphatic rings. The molecule has 1 aromatic carbocycles. The first-order chi connectivity index (χ1) is 8.71. The quantitative estimate of drug-likeness (QED) is 0.819. The van der Waals surface area contributed by atoms with Crippen LogP contribution in [0.15, 0.2) is 34.3 Å². The van der Waals surface area contributed by atoms with E-state index < -0.39 is 17.7 Å². The fourth-order valence-electron chi connectivity index (χ4n) is 1.24. The first-order valence-electron chi connectivity index (χ1n) is 5.22. The Hall–Kier alpha value is -1.50. The lowest BCUT2D eigenvalue weighted by molar-refractivity contribution is -0.137. The summed E-state index contributed by atoms with van der Waals surface area (Å²) < 4.78 is 38.0. The van der Waals surface area contributed by atoms with Gasteiger partial charge in [-0.3, -0.25) is 0 Å². The second-order valence-electron chi connectivity index (χ2n) is 3.77. The molecule has 0 spiro atoms. The third-order valence-electron chi connectivity index (χ3n) is 2.33. The average Bonchev–Trinajstić information content (AvgIpc) is 2.29. The van der Waals surface area contributed by atoms with Gasteiger partial charge in [0.25, 0.3) is 0 Å². The lowest BCUT2D eigenvalue weighted by Gasteiger charge is -2.11. The molecule has 0 saturated heterocycles. The van der Waals surface area contributed by atoms with E-state index >= 15 is 0 Å². The maximum absolute atomic E-state index is 12.5. The largest absolute Gasteiger partial charge is 0.478 e. The Bertz CT molecular complexity index is 512. The SMILES string of the molecule is C/C(=C/CNc1cc(C(F)(F)F)ccc1Br)C(=O)O. The van der Waals surface area contributed by atoms with Crippen molar-refractivity contribution < 1.29 is 23.1 Å². The number of hydrogen-bond donors (Lipinski definition) is 2. The molecule has 7 heteroatoms. The molecule has 0 aliphatic carbocycles. The Balaban J connectivity index is 2.84. The van der Waals surface area contributed by atoms with Crippen molar-refractivity contribution in [2.75, 3.05) is 11.9 Å². The first kappa shape index (κ1) is 15.6. The van der Waals surface area contributed by atoms with E-state index in [0.29, 0.717) is 4.47 Å². The van der Waals surface area contributed by atoms with Crippen molar-refractivity contribution in [1.82, 2.24) is 0 Å². The van der Waals surface area contributed by atoms with Crippen LogP contribution in [0, 0.1) is 0 Å². The summed E-state index contributed by atoms with van der Waals surface area (Å²) in [5.74, 6) is -1.06. The van der Waals surface area contributed by atoms with E-state index in [2.05, 4.69) is 21.2 Å². The zero-order valence-corrected chi connectivity index (χ0v) is 11.5. The van der Waals surface area contributed by atoms with Crippen LogP contribution in [0.5, 0.6) is 0 Å². The van der Waals surface area contributed by atoms with Crippen molar-refractivity contribution in [3.05, 3.63) is 39.9 Å². The van der Waals surface area contributed by atoms with Crippen molar-refractivity contribution in [3.63, 3.8) is 0 Å². The predicted molar refractivity (Wildman–Crippen MR) is 69.0 cm³/mol. The molecule has 0 aliphatic heterocycles. The van der Waals surface area contributed by atoms with Crippen LogP contribution in [0.3, 0.4) is 0 Å². The van der Waals surface area contributed by atoms with Crippen molar-refractivity contribution in [2.24, 2.45) is 0 Å². The maximum Gasteiger partial charge on any atom is 0.416 e. The monoisotopic (exact) mass is 337 g/mol. The van der Waals surface area contributed by atoms with E-state index in [9.17, 15) is 18.0 Å². The second kappa shape index (κ2) is 6.10. The minimum atomic E-state index is -4.41. The third kappa shape index (κ3) is 4.59. The minimum absolute atomic E-state index is 0.121. The van der Waals surface area contributed by atoms with Crippen LogP contribution in [-0.4, -0.2) is 17.6 Å². The number of halogens is 4. The average molecular weight is 338 g/mol. The lowest BCUT2D eigenvalue weighted by atomic mass is 10.2. The van der Waals surface area contributed by atoms with E-state index in [0.717, 1.165) is 12.1 Å². The van der Waals surface area contributed by atoms with Gasteiger partial charge in [-0.25, -0.2) is 4.79 Å². The van der Waals surface area contributed by atoms with Crippen molar-refractivity contribution in [3.8, 4) is 0 Å². The number of carboxylic acid groups (broad SMARTS) is 1. The summed E-state index contributed by atoms with van der Waals surface area (Å²) in [6.07, 6.45) is -3.03. The number of anilines is 1. The van der Waals surface area contributed by atoms with E-state index in [4.69, 9.17) is 5.11 Å². The molecule has 104 valence electrons. The fraction of sp³-hybridized carbons (Fsp3) is 0.250. The van der Waals surface area contributed by atoms with Gasteiger partial charge < -0.3 is 10.4 Å². The lowest BCUT2D eigenvalue weighted by Crippen LogP contribution is -2.07. The molecule has 19 heavy (non-hydrogen) atoms. The standard InChI is InChI=1S/C12H11BrF3NO2/c1-7(11(18)19)4-5-17-10-6-8(12(14,15)16)2-3-9(10)13/h2-4,6,17H,5H2,1H3,(H,18,19)/b7-4-. The topological polar surface area (TPSA) is 49.3 Å². The number of carbonyl (C=O) groups is 1. The number of benzene rings is 1. The van der Waals surface area contributed by atoms with E-state index in [1.54, 1.807) is 0 Å². The van der Waals surface area contributed by atoms with Gasteiger partial charge in [-0.1, -0.05) is 6.08 Å². The molecule has 0 radical (unpaired) electrons. The zero-order valence-electron chi connectivity index (χ0n) is 9.88. The highest BCUT2D eigenvalue weighted by atomic mass is 79.9. The van der Waals surface area contributed by atoms with Gasteiger partial charge in [-0.2, -0.15) is 13.2 Å². The number of hydrogen-bond acceptors (Lipinski definition) is 2. The number of aliphatic carboxylic acids is 1. The Morgan fingerprint density at radius 2 is 2.11 bits per heavy atom. The summed E-state index contributed by atoms with van der Waals surface area (Å²) in [6.45, 7) is 1.53. The highest BCUT2D eigenvalue weighted by Gasteiger charge is 2.30. The van der Waals surface area contributed by atoms with E-state index in [-0.39, 0.29) is 17.8 Å². The van der Waals surface area contributed by atoms with Crippen molar-refractivity contribution >= 4 is 27.6 Å². The summed E-state index contributed by atoms with van der Waals surface area (Å²) in [5, 5.41) is 11.4. The summed E-state index contributed by atoms with van der Waals surface area (Å²) >= 11 is 3.13. The molecule has 1 aromatic rings. The normalized spacial score (nSPS) is 12.4. The van der Waals surface area contributed by atoms with Gasteiger partial charge in [0.05, 0.1) is 5.56 Å². The van der Waals surface area contributed by atoms with Crippen molar-refractivity contribution in [2.45, 2.75) is 13.1 Å². The summed E-state index contributed by atoms with van der Waals surface area (Å²) in [4.78, 5) is 10.5. The highest BCUT2D eigenvalue weighted by Crippen LogP contribution is 2.33. The maximum atomic E-state index is 12.5. The van der Waals surface area contributed by atoms with Crippen LogP contribution in [0.25, 0.3) is 0 Å². The molecular weight excluding hydrogens is 327 g/mol. The number of alkyl halides is 3. The Kier molecular flexibility index (Phi) is 4.99. The Morgan fingerprint density at radius 3 is 2.63 bits per heavy atom. The molecule has 0 bridgehead atoms. The molecule has 0 unspecified atom stereocenters. The molecule has 1 rings (SSSR count). The smallest absolute Gasteiger partial charge is 0.416 e. The van der Waals surface area contributed by atoms with Gasteiger partial charge in [-0.15, -0.1) is 0 Å². The number of rotatable bonds is 4. The number of carboxylic acids is 1. The van der Waals surface area contributed by atoms with Crippen LogP contribution >= 0.6 is 15.9 Å². The molecule has 3 nitrogen and oxygen atoms in total. The molecule has 0 heterocycles. The number of nitrogens with one attached hydrogen (secondary N) is 1. The summed E-state index contributed by atoms with van der Waals surface area (Å²) in [6, 6.07) is 3.22. The van der Waals surface area contributed by atoms with Gasteiger partial charge >= 0.3 is 12.1 Å². The molecule has 0 atom stereocenters. The van der Waals surface area contributed by atoms with Crippen LogP contribution in [0.4, 0.5) is 18.9 Å². The third-order valence-corrected chi connectivity index (χ3v) is 3.02. The molecule has 0 saturated carbocycles. The van der Waals surface area contributed by atoms with Crippen LogP contribution in [-0.2, 0) is 11.0 Å².